The molecule has 0 bridgehead atoms. The van der Waals surface area contributed by atoms with E-state index in [-0.39, 0.29) is 11.3 Å². The number of aromatic nitrogens is 2. The van der Waals surface area contributed by atoms with Crippen LogP contribution in [0.1, 0.15) is 55.4 Å². The van der Waals surface area contributed by atoms with Crippen molar-refractivity contribution >= 4 is 11.6 Å². The molecule has 2 aromatic rings. The molecule has 0 atom stereocenters. The third kappa shape index (κ3) is 3.03. The Morgan fingerprint density at radius 1 is 1.17 bits per heavy atom. The van der Waals surface area contributed by atoms with Gasteiger partial charge in [-0.2, -0.15) is 5.10 Å². The summed E-state index contributed by atoms with van der Waals surface area (Å²) in [6, 6.07) is 10.2. The van der Waals surface area contributed by atoms with Gasteiger partial charge in [0.15, 0.2) is 0 Å². The largest absolute Gasteiger partial charge is 0.307 e. The lowest BCUT2D eigenvalue weighted by molar-refractivity contribution is 0.0978. The molecule has 23 heavy (non-hydrogen) atoms. The zero-order chi connectivity index (χ0) is 16.6. The first kappa shape index (κ1) is 15.8. The number of anilines is 1. The third-order valence-electron chi connectivity index (χ3n) is 4.47. The van der Waals surface area contributed by atoms with Gasteiger partial charge in [-0.05, 0) is 37.0 Å². The summed E-state index contributed by atoms with van der Waals surface area (Å²) in [5.74, 6) is 0.0462. The van der Waals surface area contributed by atoms with E-state index in [1.165, 1.54) is 5.56 Å². The molecule has 0 spiro atoms. The van der Waals surface area contributed by atoms with Gasteiger partial charge in [0.2, 0.25) is 0 Å². The van der Waals surface area contributed by atoms with E-state index in [0.717, 1.165) is 37.2 Å². The molecule has 0 saturated heterocycles. The number of carbonyl (C=O) groups is 1. The minimum absolute atomic E-state index is 0.0462. The zero-order valence-electron chi connectivity index (χ0n) is 14.5. The number of fused-ring (bicyclic) bond motifs is 1. The second-order valence-corrected chi connectivity index (χ2v) is 7.33. The number of carbonyl (C=O) groups excluding carboxylic acids is 1. The van der Waals surface area contributed by atoms with Crippen LogP contribution in [0, 0.1) is 0 Å². The first-order chi connectivity index (χ1) is 10.9. The summed E-state index contributed by atoms with van der Waals surface area (Å²) in [5, 5.41) is 4.55. The highest BCUT2D eigenvalue weighted by molar-refractivity contribution is 6.05. The third-order valence-corrected chi connectivity index (χ3v) is 4.47. The summed E-state index contributed by atoms with van der Waals surface area (Å²) in [5.41, 5.74) is 3.86. The maximum absolute atomic E-state index is 13.1. The van der Waals surface area contributed by atoms with Crippen molar-refractivity contribution in [3.05, 3.63) is 47.3 Å². The molecular weight excluding hydrogens is 286 g/mol. The molecule has 3 rings (SSSR count). The Labute approximate surface area is 138 Å². The highest BCUT2D eigenvalue weighted by atomic mass is 16.2. The Kier molecular flexibility index (Phi) is 4.00. The van der Waals surface area contributed by atoms with Gasteiger partial charge in [-0.25, -0.2) is 0 Å². The van der Waals surface area contributed by atoms with Crippen LogP contribution in [0.5, 0.6) is 0 Å². The van der Waals surface area contributed by atoms with Gasteiger partial charge in [0.1, 0.15) is 5.69 Å². The monoisotopic (exact) mass is 311 g/mol. The van der Waals surface area contributed by atoms with Crippen LogP contribution in [-0.2, 0) is 18.9 Å². The average Bonchev–Trinajstić information content (AvgIpc) is 2.77. The van der Waals surface area contributed by atoms with Crippen LogP contribution in [0.25, 0.3) is 0 Å². The molecule has 0 unspecified atom stereocenters. The highest BCUT2D eigenvalue weighted by Gasteiger charge is 2.27. The second-order valence-electron chi connectivity index (χ2n) is 7.33. The van der Waals surface area contributed by atoms with Gasteiger partial charge < -0.3 is 4.90 Å². The minimum atomic E-state index is -0.0625. The van der Waals surface area contributed by atoms with Crippen molar-refractivity contribution in [2.75, 3.05) is 11.4 Å². The maximum Gasteiger partial charge on any atom is 0.276 e. The highest BCUT2D eigenvalue weighted by Crippen LogP contribution is 2.28. The van der Waals surface area contributed by atoms with Crippen molar-refractivity contribution in [2.24, 2.45) is 7.05 Å². The number of benzene rings is 1. The smallest absolute Gasteiger partial charge is 0.276 e. The predicted molar refractivity (Wildman–Crippen MR) is 93.0 cm³/mol. The van der Waals surface area contributed by atoms with Crippen LogP contribution >= 0.6 is 0 Å². The number of hydrogen-bond donors (Lipinski definition) is 0. The summed E-state index contributed by atoms with van der Waals surface area (Å²) in [4.78, 5) is 15.1. The van der Waals surface area contributed by atoms with Crippen LogP contribution in [0.4, 0.5) is 5.69 Å². The molecule has 1 amide bonds. The van der Waals surface area contributed by atoms with Gasteiger partial charge in [0.05, 0.1) is 5.69 Å². The summed E-state index contributed by atoms with van der Waals surface area (Å²) in [7, 11) is 1.85. The van der Waals surface area contributed by atoms with E-state index >= 15 is 0 Å². The van der Waals surface area contributed by atoms with E-state index in [0.29, 0.717) is 5.69 Å². The fourth-order valence-corrected chi connectivity index (χ4v) is 3.07. The summed E-state index contributed by atoms with van der Waals surface area (Å²) >= 11 is 0. The molecule has 0 saturated carbocycles. The summed E-state index contributed by atoms with van der Waals surface area (Å²) < 4.78 is 1.72. The number of aryl methyl sites for hydroxylation is 2. The maximum atomic E-state index is 13.1. The van der Waals surface area contributed by atoms with Gasteiger partial charge in [0.25, 0.3) is 5.91 Å². The van der Waals surface area contributed by atoms with E-state index in [2.05, 4.69) is 44.1 Å². The van der Waals surface area contributed by atoms with Gasteiger partial charge in [-0.15, -0.1) is 0 Å². The van der Waals surface area contributed by atoms with Crippen molar-refractivity contribution in [1.82, 2.24) is 9.78 Å². The van der Waals surface area contributed by atoms with Crippen molar-refractivity contribution < 1.29 is 4.79 Å². The van der Waals surface area contributed by atoms with Crippen molar-refractivity contribution in [2.45, 2.75) is 45.4 Å². The normalized spacial score (nSPS) is 15.2. The number of nitrogens with zero attached hydrogens (tertiary/aromatic N) is 3. The van der Waals surface area contributed by atoms with E-state index in [1.54, 1.807) is 4.68 Å². The number of rotatable bonds is 1. The number of para-hydroxylation sites is 1. The lowest BCUT2D eigenvalue weighted by Gasteiger charge is -2.22. The number of amides is 1. The molecular formula is C19H25N3O. The molecule has 2 heterocycles. The van der Waals surface area contributed by atoms with Gasteiger partial charge in [0, 0.05) is 24.7 Å². The SMILES string of the molecule is Cn1nc(C(C)(C)C)cc1C(=O)N1CCCCc2ccccc21. The Bertz CT molecular complexity index is 724. The summed E-state index contributed by atoms with van der Waals surface area (Å²) in [6.07, 6.45) is 3.20. The van der Waals surface area contributed by atoms with E-state index in [4.69, 9.17) is 0 Å². The molecule has 4 nitrogen and oxygen atoms in total. The molecule has 0 fully saturated rings. The molecule has 0 N–H and O–H groups in total. The van der Waals surface area contributed by atoms with Crippen molar-refractivity contribution in [1.29, 1.82) is 0 Å². The first-order valence-electron chi connectivity index (χ1n) is 8.32. The Hall–Kier alpha value is -2.10. The van der Waals surface area contributed by atoms with Crippen LogP contribution in [0.15, 0.2) is 30.3 Å². The van der Waals surface area contributed by atoms with Gasteiger partial charge in [-0.1, -0.05) is 39.0 Å². The molecule has 122 valence electrons. The molecule has 1 aliphatic heterocycles. The minimum Gasteiger partial charge on any atom is -0.307 e. The quantitative estimate of drug-likeness (QED) is 0.805. The molecule has 1 aliphatic rings. The van der Waals surface area contributed by atoms with Crippen molar-refractivity contribution in [3.63, 3.8) is 0 Å². The Morgan fingerprint density at radius 3 is 2.61 bits per heavy atom. The van der Waals surface area contributed by atoms with Crippen LogP contribution in [0.2, 0.25) is 0 Å². The Morgan fingerprint density at radius 2 is 1.91 bits per heavy atom. The first-order valence-corrected chi connectivity index (χ1v) is 8.32. The van der Waals surface area contributed by atoms with Crippen molar-refractivity contribution in [3.8, 4) is 0 Å². The lowest BCUT2D eigenvalue weighted by atomic mass is 9.92. The lowest BCUT2D eigenvalue weighted by Crippen LogP contribution is -2.33. The van der Waals surface area contributed by atoms with E-state index < -0.39 is 0 Å². The van der Waals surface area contributed by atoms with E-state index in [1.807, 2.05) is 24.1 Å². The molecule has 1 aromatic carbocycles. The molecule has 0 aliphatic carbocycles. The fourth-order valence-electron chi connectivity index (χ4n) is 3.07. The van der Waals surface area contributed by atoms with Gasteiger partial charge >= 0.3 is 0 Å². The van der Waals surface area contributed by atoms with Gasteiger partial charge in [-0.3, -0.25) is 9.48 Å². The standard InChI is InChI=1S/C19H25N3O/c1-19(2,3)17-13-16(21(4)20-17)18(23)22-12-8-7-10-14-9-5-6-11-15(14)22/h5-6,9,11,13H,7-8,10,12H2,1-4H3. The predicted octanol–water partition coefficient (Wildman–Crippen LogP) is 3.70. The van der Waals surface area contributed by atoms with Crippen LogP contribution < -0.4 is 4.90 Å². The molecule has 0 radical (unpaired) electrons. The zero-order valence-corrected chi connectivity index (χ0v) is 14.5. The van der Waals surface area contributed by atoms with E-state index in [9.17, 15) is 4.79 Å². The molecule has 1 aromatic heterocycles. The Balaban J connectivity index is 1.99. The summed E-state index contributed by atoms with van der Waals surface area (Å²) in [6.45, 7) is 7.12. The van der Waals surface area contributed by atoms with Crippen LogP contribution in [-0.4, -0.2) is 22.2 Å². The fraction of sp³-hybridized carbons (Fsp3) is 0.474. The van der Waals surface area contributed by atoms with Crippen LogP contribution in [0.3, 0.4) is 0 Å². The molecule has 4 heteroatoms. The average molecular weight is 311 g/mol. The number of hydrogen-bond acceptors (Lipinski definition) is 2. The topological polar surface area (TPSA) is 38.1 Å². The second kappa shape index (κ2) is 5.84.